The molecular formula is C9H12O. The van der Waals surface area contributed by atoms with Gasteiger partial charge in [-0.05, 0) is 24.2 Å². The number of rotatable bonds is 1. The van der Waals surface area contributed by atoms with Crippen LogP contribution in [-0.4, -0.2) is 6.29 Å². The van der Waals surface area contributed by atoms with Gasteiger partial charge in [-0.2, -0.15) is 0 Å². The first-order valence-corrected chi connectivity index (χ1v) is 3.96. The van der Waals surface area contributed by atoms with Gasteiger partial charge in [-0.3, -0.25) is 0 Å². The fourth-order valence-electron chi connectivity index (χ4n) is 2.33. The molecule has 1 heteroatoms. The van der Waals surface area contributed by atoms with Gasteiger partial charge in [0.25, 0.3) is 0 Å². The summed E-state index contributed by atoms with van der Waals surface area (Å²) in [6, 6.07) is 0. The Hall–Kier alpha value is -0.590. The molecule has 0 unspecified atom stereocenters. The summed E-state index contributed by atoms with van der Waals surface area (Å²) in [5, 5.41) is 0. The predicted molar refractivity (Wildman–Crippen MR) is 39.5 cm³/mol. The normalized spacial score (nSPS) is 50.1. The molecule has 4 atom stereocenters. The molecule has 0 aromatic rings. The molecule has 2 bridgehead atoms. The second-order valence-electron chi connectivity index (χ2n) is 3.52. The van der Waals surface area contributed by atoms with Crippen LogP contribution in [-0.2, 0) is 4.79 Å². The van der Waals surface area contributed by atoms with Crippen LogP contribution in [0.15, 0.2) is 12.2 Å². The number of hydrogen-bond acceptors (Lipinski definition) is 1. The Morgan fingerprint density at radius 1 is 1.40 bits per heavy atom. The maximum Gasteiger partial charge on any atom is 0.123 e. The van der Waals surface area contributed by atoms with Gasteiger partial charge in [-0.15, -0.1) is 0 Å². The summed E-state index contributed by atoms with van der Waals surface area (Å²) in [5.74, 6) is 2.22. The predicted octanol–water partition coefficient (Wildman–Crippen LogP) is 1.64. The highest BCUT2D eigenvalue weighted by atomic mass is 16.1. The van der Waals surface area contributed by atoms with Crippen LogP contribution in [0.3, 0.4) is 0 Å². The van der Waals surface area contributed by atoms with Gasteiger partial charge in [0.1, 0.15) is 6.29 Å². The maximum atomic E-state index is 10.6. The van der Waals surface area contributed by atoms with Crippen LogP contribution in [0.2, 0.25) is 0 Å². The van der Waals surface area contributed by atoms with Crippen LogP contribution in [0.25, 0.3) is 0 Å². The Balaban J connectivity index is 2.25. The summed E-state index contributed by atoms with van der Waals surface area (Å²) in [7, 11) is 0. The van der Waals surface area contributed by atoms with Crippen molar-refractivity contribution in [2.24, 2.45) is 23.7 Å². The summed E-state index contributed by atoms with van der Waals surface area (Å²) in [4.78, 5) is 10.6. The minimum absolute atomic E-state index is 0.329. The van der Waals surface area contributed by atoms with Crippen molar-refractivity contribution in [3.05, 3.63) is 12.2 Å². The van der Waals surface area contributed by atoms with E-state index in [1.165, 1.54) is 6.42 Å². The van der Waals surface area contributed by atoms with Crippen LogP contribution in [0, 0.1) is 23.7 Å². The van der Waals surface area contributed by atoms with Crippen molar-refractivity contribution in [3.8, 4) is 0 Å². The van der Waals surface area contributed by atoms with Crippen LogP contribution in [0.1, 0.15) is 13.3 Å². The van der Waals surface area contributed by atoms with Crippen molar-refractivity contribution in [1.29, 1.82) is 0 Å². The van der Waals surface area contributed by atoms with Crippen LogP contribution < -0.4 is 0 Å². The summed E-state index contributed by atoms with van der Waals surface area (Å²) in [6.45, 7) is 2.19. The fraction of sp³-hybridized carbons (Fsp3) is 0.667. The van der Waals surface area contributed by atoms with Gasteiger partial charge >= 0.3 is 0 Å². The van der Waals surface area contributed by atoms with Crippen molar-refractivity contribution < 1.29 is 4.79 Å². The minimum atomic E-state index is 0.329. The Kier molecular flexibility index (Phi) is 1.19. The number of carbonyl (C=O) groups is 1. The standard InChI is InChI=1S/C9H12O/c1-6-7-2-3-8(4-7)9(6)5-10/h2-3,5-9H,4H2,1H3/t6-,7+,8-,9+/m0/s1. The van der Waals surface area contributed by atoms with E-state index in [1.54, 1.807) is 0 Å². The number of fused-ring (bicyclic) bond motifs is 2. The van der Waals surface area contributed by atoms with Gasteiger partial charge in [-0.25, -0.2) is 0 Å². The maximum absolute atomic E-state index is 10.6. The second kappa shape index (κ2) is 1.94. The van der Waals surface area contributed by atoms with Crippen molar-refractivity contribution >= 4 is 6.29 Å². The number of aldehydes is 1. The number of allylic oxidation sites excluding steroid dienone is 2. The van der Waals surface area contributed by atoms with E-state index in [-0.39, 0.29) is 0 Å². The zero-order valence-electron chi connectivity index (χ0n) is 6.16. The SMILES string of the molecule is C[C@@H]1[C@@H](C=O)[C@H]2C=C[C@@H]1C2. The zero-order valence-corrected chi connectivity index (χ0v) is 6.16. The molecule has 0 saturated heterocycles. The lowest BCUT2D eigenvalue weighted by Crippen LogP contribution is -2.17. The minimum Gasteiger partial charge on any atom is -0.303 e. The molecule has 0 aromatic heterocycles. The van der Waals surface area contributed by atoms with Gasteiger partial charge in [0, 0.05) is 5.92 Å². The highest BCUT2D eigenvalue weighted by molar-refractivity contribution is 5.57. The Morgan fingerprint density at radius 3 is 2.50 bits per heavy atom. The second-order valence-corrected chi connectivity index (χ2v) is 3.52. The average molecular weight is 136 g/mol. The van der Waals surface area contributed by atoms with Crippen molar-refractivity contribution in [2.75, 3.05) is 0 Å². The van der Waals surface area contributed by atoms with Gasteiger partial charge in [0.05, 0.1) is 0 Å². The monoisotopic (exact) mass is 136 g/mol. The van der Waals surface area contributed by atoms with E-state index >= 15 is 0 Å². The van der Waals surface area contributed by atoms with Gasteiger partial charge in [0.2, 0.25) is 0 Å². The van der Waals surface area contributed by atoms with E-state index in [1.807, 2.05) is 0 Å². The molecule has 0 aromatic carbocycles. The molecule has 1 nitrogen and oxygen atoms in total. The van der Waals surface area contributed by atoms with E-state index in [0.29, 0.717) is 23.7 Å². The molecule has 2 aliphatic carbocycles. The molecule has 2 rings (SSSR count). The molecule has 1 saturated carbocycles. The third-order valence-electron chi connectivity index (χ3n) is 3.08. The molecule has 0 heterocycles. The molecule has 0 aliphatic heterocycles. The quantitative estimate of drug-likeness (QED) is 0.395. The topological polar surface area (TPSA) is 17.1 Å². The first kappa shape index (κ1) is 6.14. The van der Waals surface area contributed by atoms with Gasteiger partial charge in [0.15, 0.2) is 0 Å². The molecular weight excluding hydrogens is 124 g/mol. The van der Waals surface area contributed by atoms with Gasteiger partial charge < -0.3 is 4.79 Å². The smallest absolute Gasteiger partial charge is 0.123 e. The molecule has 0 radical (unpaired) electrons. The first-order chi connectivity index (χ1) is 4.83. The van der Waals surface area contributed by atoms with Crippen LogP contribution >= 0.6 is 0 Å². The molecule has 0 spiro atoms. The van der Waals surface area contributed by atoms with Crippen LogP contribution in [0.5, 0.6) is 0 Å². The summed E-state index contributed by atoms with van der Waals surface area (Å²) in [6.07, 6.45) is 6.85. The lowest BCUT2D eigenvalue weighted by molar-refractivity contribution is -0.112. The third kappa shape index (κ3) is 0.606. The van der Waals surface area contributed by atoms with E-state index in [0.717, 1.165) is 6.29 Å². The largest absolute Gasteiger partial charge is 0.303 e. The van der Waals surface area contributed by atoms with E-state index in [4.69, 9.17) is 0 Å². The van der Waals surface area contributed by atoms with Crippen molar-refractivity contribution in [2.45, 2.75) is 13.3 Å². The Morgan fingerprint density at radius 2 is 2.10 bits per heavy atom. The number of hydrogen-bond donors (Lipinski definition) is 0. The van der Waals surface area contributed by atoms with Crippen molar-refractivity contribution in [1.82, 2.24) is 0 Å². The summed E-state index contributed by atoms with van der Waals surface area (Å²) >= 11 is 0. The average Bonchev–Trinajstić information content (AvgIpc) is 2.46. The first-order valence-electron chi connectivity index (χ1n) is 3.96. The Labute approximate surface area is 61.1 Å². The highest BCUT2D eigenvalue weighted by Crippen LogP contribution is 2.46. The van der Waals surface area contributed by atoms with Crippen molar-refractivity contribution in [3.63, 3.8) is 0 Å². The fourth-order valence-corrected chi connectivity index (χ4v) is 2.33. The van der Waals surface area contributed by atoms with E-state index in [2.05, 4.69) is 19.1 Å². The number of carbonyl (C=O) groups excluding carboxylic acids is 1. The highest BCUT2D eigenvalue weighted by Gasteiger charge is 2.41. The zero-order chi connectivity index (χ0) is 7.14. The van der Waals surface area contributed by atoms with E-state index in [9.17, 15) is 4.79 Å². The molecule has 54 valence electrons. The molecule has 1 fully saturated rings. The lowest BCUT2D eigenvalue weighted by Gasteiger charge is -2.18. The molecule has 2 aliphatic rings. The lowest BCUT2D eigenvalue weighted by atomic mass is 9.86. The molecule has 10 heavy (non-hydrogen) atoms. The molecule has 0 amide bonds. The Bertz CT molecular complexity index is 183. The summed E-state index contributed by atoms with van der Waals surface area (Å²) in [5.41, 5.74) is 0. The molecule has 0 N–H and O–H groups in total. The third-order valence-corrected chi connectivity index (χ3v) is 3.08. The summed E-state index contributed by atoms with van der Waals surface area (Å²) < 4.78 is 0. The van der Waals surface area contributed by atoms with E-state index < -0.39 is 0 Å². The van der Waals surface area contributed by atoms with Gasteiger partial charge in [-0.1, -0.05) is 19.1 Å². The van der Waals surface area contributed by atoms with Crippen LogP contribution in [0.4, 0.5) is 0 Å².